The maximum Gasteiger partial charge on any atom is 0.0450 e. The second-order valence-electron chi connectivity index (χ2n) is 4.57. The number of pyridine rings is 1. The van der Waals surface area contributed by atoms with Crippen LogP contribution in [-0.4, -0.2) is 4.98 Å². The summed E-state index contributed by atoms with van der Waals surface area (Å²) in [5.74, 6) is 0.156. The van der Waals surface area contributed by atoms with Gasteiger partial charge in [-0.15, -0.1) is 0 Å². The maximum atomic E-state index is 6.34. The summed E-state index contributed by atoms with van der Waals surface area (Å²) in [6.07, 6.45) is 1.80. The maximum absolute atomic E-state index is 6.34. The molecule has 2 atom stereocenters. The van der Waals surface area contributed by atoms with E-state index in [4.69, 9.17) is 17.3 Å². The Hall–Kier alpha value is -1.38. The summed E-state index contributed by atoms with van der Waals surface area (Å²) in [4.78, 5) is 4.36. The van der Waals surface area contributed by atoms with Gasteiger partial charge in [0.1, 0.15) is 0 Å². The Morgan fingerprint density at radius 3 is 2.67 bits per heavy atom. The van der Waals surface area contributed by atoms with Crippen molar-refractivity contribution in [3.63, 3.8) is 0 Å². The lowest BCUT2D eigenvalue weighted by molar-refractivity contribution is 0.581. The molecule has 94 valence electrons. The first-order chi connectivity index (χ1) is 8.59. The molecule has 2 nitrogen and oxygen atoms in total. The fraction of sp³-hybridized carbons (Fsp3) is 0.267. The molecule has 1 heterocycles. The van der Waals surface area contributed by atoms with Crippen molar-refractivity contribution < 1.29 is 0 Å². The molecule has 1 aromatic carbocycles. The van der Waals surface area contributed by atoms with Gasteiger partial charge in [-0.25, -0.2) is 0 Å². The lowest BCUT2D eigenvalue weighted by atomic mass is 9.90. The van der Waals surface area contributed by atoms with Crippen molar-refractivity contribution in [3.8, 4) is 0 Å². The van der Waals surface area contributed by atoms with Crippen LogP contribution in [0.5, 0.6) is 0 Å². The summed E-state index contributed by atoms with van der Waals surface area (Å²) in [6, 6.07) is 11.6. The fourth-order valence-corrected chi connectivity index (χ4v) is 2.25. The van der Waals surface area contributed by atoms with Gasteiger partial charge in [0.05, 0.1) is 0 Å². The zero-order chi connectivity index (χ0) is 13.1. The topological polar surface area (TPSA) is 38.9 Å². The summed E-state index contributed by atoms with van der Waals surface area (Å²) in [7, 11) is 0. The van der Waals surface area contributed by atoms with E-state index in [0.29, 0.717) is 0 Å². The van der Waals surface area contributed by atoms with Crippen LogP contribution in [0.25, 0.3) is 0 Å². The normalized spacial score (nSPS) is 14.2. The molecule has 0 bridgehead atoms. The number of nitrogens with two attached hydrogens (primary N) is 1. The first-order valence-corrected chi connectivity index (χ1v) is 6.40. The zero-order valence-corrected chi connectivity index (χ0v) is 11.4. The van der Waals surface area contributed by atoms with Crippen LogP contribution < -0.4 is 5.73 Å². The molecule has 2 aromatic rings. The molecular weight excluding hydrogens is 244 g/mol. The van der Waals surface area contributed by atoms with Crippen molar-refractivity contribution >= 4 is 11.6 Å². The van der Waals surface area contributed by atoms with Crippen LogP contribution >= 0.6 is 11.6 Å². The lowest BCUT2D eigenvalue weighted by Crippen LogP contribution is -2.19. The third-order valence-corrected chi connectivity index (χ3v) is 3.53. The largest absolute Gasteiger partial charge is 0.323 e. The number of benzene rings is 1. The molecule has 0 fully saturated rings. The molecule has 0 saturated carbocycles. The van der Waals surface area contributed by atoms with Crippen LogP contribution in [0.3, 0.4) is 0 Å². The molecule has 3 heteroatoms. The van der Waals surface area contributed by atoms with Crippen molar-refractivity contribution in [2.75, 3.05) is 0 Å². The monoisotopic (exact) mass is 260 g/mol. The molecule has 0 aliphatic heterocycles. The Labute approximate surface area is 113 Å². The van der Waals surface area contributed by atoms with Crippen molar-refractivity contribution in [3.05, 3.63) is 64.4 Å². The second-order valence-corrected chi connectivity index (χ2v) is 5.01. The quantitative estimate of drug-likeness (QED) is 0.911. The summed E-state index contributed by atoms with van der Waals surface area (Å²) in [5.41, 5.74) is 9.59. The Morgan fingerprint density at radius 2 is 2.00 bits per heavy atom. The van der Waals surface area contributed by atoms with E-state index in [9.17, 15) is 0 Å². The molecule has 18 heavy (non-hydrogen) atoms. The summed E-state index contributed by atoms with van der Waals surface area (Å²) in [6.45, 7) is 4.14. The van der Waals surface area contributed by atoms with E-state index in [1.807, 2.05) is 36.4 Å². The third-order valence-electron chi connectivity index (χ3n) is 3.29. The summed E-state index contributed by atoms with van der Waals surface area (Å²) >= 11 is 6.04. The number of halogens is 1. The first-order valence-electron chi connectivity index (χ1n) is 6.02. The van der Waals surface area contributed by atoms with E-state index in [2.05, 4.69) is 18.8 Å². The minimum absolute atomic E-state index is 0.0985. The molecular formula is C15H17ClN2. The Morgan fingerprint density at radius 1 is 1.22 bits per heavy atom. The van der Waals surface area contributed by atoms with Crippen LogP contribution in [0.4, 0.5) is 0 Å². The van der Waals surface area contributed by atoms with E-state index in [0.717, 1.165) is 21.8 Å². The Balaban J connectivity index is 2.31. The van der Waals surface area contributed by atoms with Crippen molar-refractivity contribution in [2.45, 2.75) is 25.8 Å². The zero-order valence-electron chi connectivity index (χ0n) is 10.6. The van der Waals surface area contributed by atoms with Crippen LogP contribution in [0, 0.1) is 6.92 Å². The van der Waals surface area contributed by atoms with E-state index in [1.165, 1.54) is 0 Å². The third kappa shape index (κ3) is 2.71. The highest BCUT2D eigenvalue weighted by Crippen LogP contribution is 2.30. The number of hydrogen-bond donors (Lipinski definition) is 1. The molecule has 0 saturated heterocycles. The van der Waals surface area contributed by atoms with E-state index >= 15 is 0 Å². The molecule has 2 N–H and O–H groups in total. The van der Waals surface area contributed by atoms with Gasteiger partial charge in [0.15, 0.2) is 0 Å². The molecule has 0 spiro atoms. The predicted octanol–water partition coefficient (Wildman–Crippen LogP) is 3.85. The summed E-state index contributed by atoms with van der Waals surface area (Å²) < 4.78 is 0. The van der Waals surface area contributed by atoms with Crippen LogP contribution in [0.15, 0.2) is 42.6 Å². The fourth-order valence-electron chi connectivity index (χ4n) is 2.07. The molecule has 0 radical (unpaired) electrons. The summed E-state index contributed by atoms with van der Waals surface area (Å²) in [5, 5.41) is 0.722. The highest BCUT2D eigenvalue weighted by Gasteiger charge is 2.19. The smallest absolute Gasteiger partial charge is 0.0450 e. The minimum atomic E-state index is -0.0985. The SMILES string of the molecule is Cc1ccc(Cl)cc1C(N)C(C)c1ccccn1. The van der Waals surface area contributed by atoms with E-state index in [1.54, 1.807) is 6.20 Å². The minimum Gasteiger partial charge on any atom is -0.323 e. The average Bonchev–Trinajstić information content (AvgIpc) is 2.41. The van der Waals surface area contributed by atoms with Gasteiger partial charge in [-0.05, 0) is 42.3 Å². The van der Waals surface area contributed by atoms with E-state index < -0.39 is 0 Å². The standard InChI is InChI=1S/C15H17ClN2/c1-10-6-7-12(16)9-13(10)15(17)11(2)14-5-3-4-8-18-14/h3-9,11,15H,17H2,1-2H3. The second kappa shape index (κ2) is 5.51. The Bertz CT molecular complexity index is 525. The molecule has 0 aliphatic rings. The molecule has 1 aromatic heterocycles. The van der Waals surface area contributed by atoms with Gasteiger partial charge in [0.25, 0.3) is 0 Å². The van der Waals surface area contributed by atoms with Gasteiger partial charge < -0.3 is 5.73 Å². The molecule has 2 rings (SSSR count). The van der Waals surface area contributed by atoms with Gasteiger partial charge in [0, 0.05) is 28.9 Å². The average molecular weight is 261 g/mol. The van der Waals surface area contributed by atoms with Gasteiger partial charge >= 0.3 is 0 Å². The van der Waals surface area contributed by atoms with Gasteiger partial charge in [-0.1, -0.05) is 30.7 Å². The molecule has 0 amide bonds. The Kier molecular flexibility index (Phi) is 4.00. The highest BCUT2D eigenvalue weighted by atomic mass is 35.5. The number of nitrogens with zero attached hydrogens (tertiary/aromatic N) is 1. The van der Waals surface area contributed by atoms with Crippen LogP contribution in [-0.2, 0) is 0 Å². The molecule has 0 aliphatic carbocycles. The number of hydrogen-bond acceptors (Lipinski definition) is 2. The number of aromatic nitrogens is 1. The predicted molar refractivity (Wildman–Crippen MR) is 75.8 cm³/mol. The number of aryl methyl sites for hydroxylation is 1. The molecule has 2 unspecified atom stereocenters. The van der Waals surface area contributed by atoms with E-state index in [-0.39, 0.29) is 12.0 Å². The number of rotatable bonds is 3. The van der Waals surface area contributed by atoms with Crippen molar-refractivity contribution in [1.29, 1.82) is 0 Å². The van der Waals surface area contributed by atoms with Crippen LogP contribution in [0.2, 0.25) is 5.02 Å². The lowest BCUT2D eigenvalue weighted by Gasteiger charge is -2.21. The van der Waals surface area contributed by atoms with Crippen molar-refractivity contribution in [2.24, 2.45) is 5.73 Å². The van der Waals surface area contributed by atoms with Gasteiger partial charge in [-0.2, -0.15) is 0 Å². The van der Waals surface area contributed by atoms with Gasteiger partial charge in [0.2, 0.25) is 0 Å². The highest BCUT2D eigenvalue weighted by molar-refractivity contribution is 6.30. The van der Waals surface area contributed by atoms with Crippen molar-refractivity contribution in [1.82, 2.24) is 4.98 Å². The first kappa shape index (κ1) is 13.1. The van der Waals surface area contributed by atoms with Crippen LogP contribution in [0.1, 0.15) is 35.7 Å². The van der Waals surface area contributed by atoms with Gasteiger partial charge in [-0.3, -0.25) is 4.98 Å².